The number of rotatable bonds is 9. The van der Waals surface area contributed by atoms with Gasteiger partial charge in [0, 0.05) is 0 Å². The van der Waals surface area contributed by atoms with Crippen molar-refractivity contribution in [3.63, 3.8) is 0 Å². The van der Waals surface area contributed by atoms with E-state index in [9.17, 15) is 0 Å². The predicted octanol–water partition coefficient (Wildman–Crippen LogP) is 8.16. The van der Waals surface area contributed by atoms with Gasteiger partial charge in [-0.1, -0.05) is 0 Å². The van der Waals surface area contributed by atoms with Crippen molar-refractivity contribution in [3.05, 3.63) is 0 Å². The molecule has 0 unspecified atom stereocenters. The maximum atomic E-state index is 4.85. The van der Waals surface area contributed by atoms with Gasteiger partial charge in [-0.2, -0.15) is 0 Å². The molecule has 0 aliphatic carbocycles. The van der Waals surface area contributed by atoms with E-state index in [-0.39, 0.29) is 38.9 Å². The zero-order valence-electron chi connectivity index (χ0n) is 18.0. The predicted molar refractivity (Wildman–Crippen MR) is 132 cm³/mol. The van der Waals surface area contributed by atoms with Gasteiger partial charge in [0.05, 0.1) is 55.5 Å². The summed E-state index contributed by atoms with van der Waals surface area (Å²) in [6.45, 7) is 20.8. The van der Waals surface area contributed by atoms with Crippen molar-refractivity contribution < 1.29 is 15.1 Å². The van der Waals surface area contributed by atoms with Crippen LogP contribution in [-0.2, 0) is 15.1 Å². The van der Waals surface area contributed by atoms with E-state index in [0.717, 1.165) is 0 Å². The van der Waals surface area contributed by atoms with Crippen molar-refractivity contribution in [2.24, 2.45) is 0 Å². The molecule has 0 radical (unpaired) electrons. The SMILES string of the molecule is CC[PH+](CC)CC.CC[PH+](CC)CC.CC[PH+](CC)CC.[Cl][Ru][Cl]. The fourth-order valence-corrected chi connectivity index (χ4v) is 6.75. The van der Waals surface area contributed by atoms with Crippen molar-refractivity contribution in [3.8, 4) is 0 Å². The average Bonchev–Trinajstić information content (AvgIpc) is 2.61. The maximum absolute atomic E-state index is 4.85. The van der Waals surface area contributed by atoms with Crippen molar-refractivity contribution >= 4 is 43.1 Å². The molecule has 24 heavy (non-hydrogen) atoms. The minimum absolute atomic E-state index is 0.137. The number of halogens is 2. The molecule has 154 valence electrons. The molecule has 0 amide bonds. The molecule has 0 aliphatic heterocycles. The van der Waals surface area contributed by atoms with Crippen molar-refractivity contribution in [2.45, 2.75) is 62.3 Å². The van der Waals surface area contributed by atoms with Crippen LogP contribution in [0.1, 0.15) is 62.3 Å². The van der Waals surface area contributed by atoms with Crippen LogP contribution in [0.3, 0.4) is 0 Å². The normalized spacial score (nSPS) is 9.92. The van der Waals surface area contributed by atoms with Gasteiger partial charge in [0.15, 0.2) is 0 Å². The van der Waals surface area contributed by atoms with E-state index in [1.54, 1.807) is 0 Å². The topological polar surface area (TPSA) is 0 Å². The van der Waals surface area contributed by atoms with Crippen LogP contribution in [-0.4, -0.2) is 55.5 Å². The Balaban J connectivity index is -0.000000115. The molecule has 0 nitrogen and oxygen atoms in total. The first-order valence-electron chi connectivity index (χ1n) is 9.81. The zero-order chi connectivity index (χ0) is 19.8. The molecule has 0 aliphatic rings. The summed E-state index contributed by atoms with van der Waals surface area (Å²) in [7, 11) is 10.1. The van der Waals surface area contributed by atoms with Crippen LogP contribution in [0.5, 0.6) is 0 Å². The Morgan fingerprint density at radius 3 is 0.500 bits per heavy atom. The Bertz CT molecular complexity index is 133. The van der Waals surface area contributed by atoms with Gasteiger partial charge in [0.2, 0.25) is 0 Å². The summed E-state index contributed by atoms with van der Waals surface area (Å²) >= 11 is -0.346. The molecule has 0 spiro atoms. The fourth-order valence-electron chi connectivity index (χ4n) is 2.25. The molecular weight excluding hydrogens is 481 g/mol. The van der Waals surface area contributed by atoms with Gasteiger partial charge in [0.1, 0.15) is 0 Å². The summed E-state index contributed by atoms with van der Waals surface area (Å²) in [6.07, 6.45) is 13.1. The average molecular weight is 529 g/mol. The van der Waals surface area contributed by atoms with Crippen LogP contribution in [0, 0.1) is 0 Å². The van der Waals surface area contributed by atoms with Crippen LogP contribution in [0.2, 0.25) is 0 Å². The third-order valence-electron chi connectivity index (χ3n) is 4.50. The molecule has 0 saturated carbocycles. The van der Waals surface area contributed by atoms with E-state index in [1.165, 1.54) is 55.5 Å². The first kappa shape index (κ1) is 34.0. The summed E-state index contributed by atoms with van der Waals surface area (Å²) in [5, 5.41) is 0. The number of hydrogen-bond acceptors (Lipinski definition) is 0. The van der Waals surface area contributed by atoms with E-state index < -0.39 is 0 Å². The molecular formula is C18H48Cl2P3Ru+3. The second kappa shape index (κ2) is 33.1. The number of hydrogen-bond donors (Lipinski definition) is 0. The van der Waals surface area contributed by atoms with Gasteiger partial charge < -0.3 is 0 Å². The second-order valence-electron chi connectivity index (χ2n) is 5.48. The molecule has 0 rings (SSSR count). The summed E-state index contributed by atoms with van der Waals surface area (Å²) in [4.78, 5) is 0. The van der Waals surface area contributed by atoms with Crippen molar-refractivity contribution in [2.75, 3.05) is 55.5 Å². The van der Waals surface area contributed by atoms with Gasteiger partial charge >= 0.3 is 34.5 Å². The summed E-state index contributed by atoms with van der Waals surface area (Å²) in [6, 6.07) is 0. The van der Waals surface area contributed by atoms with Gasteiger partial charge in [-0.05, 0) is 86.1 Å². The molecule has 0 aromatic carbocycles. The first-order valence-corrected chi connectivity index (χ1v) is 20.7. The standard InChI is InChI=1S/3C6H15P.2ClH.Ru/c3*1-4-7(5-2)6-3;;;/h3*4-6H2,1-3H3;2*1H;/q;;;;;+2/p+1. The van der Waals surface area contributed by atoms with E-state index >= 15 is 0 Å². The Morgan fingerprint density at radius 2 is 0.500 bits per heavy atom. The third kappa shape index (κ3) is 32.2. The minimum atomic E-state index is -0.346. The Morgan fingerprint density at radius 1 is 0.417 bits per heavy atom. The Kier molecular flexibility index (Phi) is 46.9. The van der Waals surface area contributed by atoms with E-state index in [4.69, 9.17) is 19.4 Å². The van der Waals surface area contributed by atoms with Gasteiger partial charge in [-0.15, -0.1) is 0 Å². The van der Waals surface area contributed by atoms with Crippen LogP contribution in [0.4, 0.5) is 0 Å². The third-order valence-corrected chi connectivity index (χ3v) is 13.5. The van der Waals surface area contributed by atoms with Gasteiger partial charge in [0.25, 0.3) is 0 Å². The summed E-state index contributed by atoms with van der Waals surface area (Å²) in [5.41, 5.74) is 0. The monoisotopic (exact) mass is 529 g/mol. The molecule has 0 bridgehead atoms. The fraction of sp³-hybridized carbons (Fsp3) is 1.00. The molecule has 0 fully saturated rings. The van der Waals surface area contributed by atoms with Crippen LogP contribution in [0.25, 0.3) is 0 Å². The Labute approximate surface area is 175 Å². The quantitative estimate of drug-likeness (QED) is 0.209. The molecule has 0 aromatic heterocycles. The molecule has 0 atom stereocenters. The molecule has 6 heteroatoms. The summed E-state index contributed by atoms with van der Waals surface area (Å²) < 4.78 is 0. The van der Waals surface area contributed by atoms with Crippen molar-refractivity contribution in [1.82, 2.24) is 0 Å². The van der Waals surface area contributed by atoms with Crippen LogP contribution < -0.4 is 0 Å². The zero-order valence-corrected chi connectivity index (χ0v) is 24.2. The van der Waals surface area contributed by atoms with Gasteiger partial charge in [-0.25, -0.2) is 0 Å². The molecule has 0 aromatic rings. The van der Waals surface area contributed by atoms with E-state index in [2.05, 4.69) is 62.3 Å². The van der Waals surface area contributed by atoms with Gasteiger partial charge in [-0.3, -0.25) is 0 Å². The van der Waals surface area contributed by atoms with E-state index in [0.29, 0.717) is 0 Å². The molecule has 0 heterocycles. The molecule has 0 N–H and O–H groups in total. The Hall–Kier alpha value is 2.49. The second-order valence-corrected chi connectivity index (χ2v) is 19.0. The van der Waals surface area contributed by atoms with Crippen molar-refractivity contribution in [1.29, 1.82) is 0 Å². The molecule has 0 saturated heterocycles. The summed E-state index contributed by atoms with van der Waals surface area (Å²) in [5.74, 6) is 0. The van der Waals surface area contributed by atoms with Crippen LogP contribution >= 0.6 is 43.1 Å². The van der Waals surface area contributed by atoms with E-state index in [1.807, 2.05) is 0 Å². The first-order chi connectivity index (χ1) is 11.5. The van der Waals surface area contributed by atoms with Crippen LogP contribution in [0.15, 0.2) is 0 Å².